The van der Waals surface area contributed by atoms with Crippen molar-refractivity contribution in [3.63, 3.8) is 0 Å². The SMILES string of the molecule is Cc1ncc(CNCc2ccc(O)c(Br)c2)s1. The predicted octanol–water partition coefficient (Wildman–Crippen LogP) is 3.21. The normalized spacial score (nSPS) is 10.7. The molecule has 3 nitrogen and oxygen atoms in total. The van der Waals surface area contributed by atoms with Gasteiger partial charge in [0.25, 0.3) is 0 Å². The quantitative estimate of drug-likeness (QED) is 0.911. The fourth-order valence-corrected chi connectivity index (χ4v) is 2.67. The van der Waals surface area contributed by atoms with Crippen molar-refractivity contribution in [2.75, 3.05) is 0 Å². The van der Waals surface area contributed by atoms with Gasteiger partial charge in [-0.2, -0.15) is 0 Å². The molecule has 17 heavy (non-hydrogen) atoms. The first-order valence-corrected chi connectivity index (χ1v) is 6.85. The number of nitrogens with zero attached hydrogens (tertiary/aromatic N) is 1. The maximum Gasteiger partial charge on any atom is 0.129 e. The number of hydrogen-bond acceptors (Lipinski definition) is 4. The lowest BCUT2D eigenvalue weighted by Crippen LogP contribution is -2.11. The Balaban J connectivity index is 1.87. The second-order valence-corrected chi connectivity index (χ2v) is 5.91. The molecular formula is C12H13BrN2OS. The molecule has 0 bridgehead atoms. The molecule has 0 saturated carbocycles. The lowest BCUT2D eigenvalue weighted by molar-refractivity contribution is 0.471. The van der Waals surface area contributed by atoms with E-state index in [0.717, 1.165) is 28.1 Å². The molecule has 0 amide bonds. The van der Waals surface area contributed by atoms with Gasteiger partial charge in [0.2, 0.25) is 0 Å². The zero-order valence-corrected chi connectivity index (χ0v) is 11.8. The number of rotatable bonds is 4. The molecule has 2 rings (SSSR count). The number of phenolic OH excluding ortho intramolecular Hbond substituents is 1. The number of halogens is 1. The van der Waals surface area contributed by atoms with Crippen LogP contribution in [-0.2, 0) is 13.1 Å². The zero-order chi connectivity index (χ0) is 12.3. The summed E-state index contributed by atoms with van der Waals surface area (Å²) >= 11 is 5.01. The number of hydrogen-bond donors (Lipinski definition) is 2. The molecule has 5 heteroatoms. The Morgan fingerprint density at radius 1 is 1.41 bits per heavy atom. The van der Waals surface area contributed by atoms with E-state index in [-0.39, 0.29) is 5.75 Å². The molecule has 0 aliphatic carbocycles. The van der Waals surface area contributed by atoms with Crippen LogP contribution in [0.5, 0.6) is 5.75 Å². The van der Waals surface area contributed by atoms with Crippen LogP contribution < -0.4 is 5.32 Å². The molecule has 0 spiro atoms. The van der Waals surface area contributed by atoms with Gasteiger partial charge in [-0.05, 0) is 40.5 Å². The first-order valence-electron chi connectivity index (χ1n) is 5.24. The molecule has 2 N–H and O–H groups in total. The van der Waals surface area contributed by atoms with Crippen molar-refractivity contribution in [2.45, 2.75) is 20.0 Å². The van der Waals surface area contributed by atoms with Crippen molar-refractivity contribution in [1.29, 1.82) is 0 Å². The molecule has 1 aromatic carbocycles. The highest BCUT2D eigenvalue weighted by atomic mass is 79.9. The second kappa shape index (κ2) is 5.62. The summed E-state index contributed by atoms with van der Waals surface area (Å²) in [5.41, 5.74) is 1.14. The van der Waals surface area contributed by atoms with Gasteiger partial charge in [-0.25, -0.2) is 4.98 Å². The molecule has 0 atom stereocenters. The van der Waals surface area contributed by atoms with Crippen LogP contribution in [0.2, 0.25) is 0 Å². The van der Waals surface area contributed by atoms with Crippen LogP contribution in [0.15, 0.2) is 28.9 Å². The molecule has 90 valence electrons. The smallest absolute Gasteiger partial charge is 0.129 e. The average Bonchev–Trinajstić information content (AvgIpc) is 2.70. The van der Waals surface area contributed by atoms with Crippen LogP contribution in [0, 0.1) is 6.92 Å². The summed E-state index contributed by atoms with van der Waals surface area (Å²) in [7, 11) is 0. The minimum absolute atomic E-state index is 0.270. The molecule has 0 aliphatic heterocycles. The second-order valence-electron chi connectivity index (χ2n) is 3.73. The zero-order valence-electron chi connectivity index (χ0n) is 9.40. The summed E-state index contributed by atoms with van der Waals surface area (Å²) in [4.78, 5) is 5.44. The lowest BCUT2D eigenvalue weighted by atomic mass is 10.2. The highest BCUT2D eigenvalue weighted by Crippen LogP contribution is 2.24. The van der Waals surface area contributed by atoms with Crippen LogP contribution in [0.25, 0.3) is 0 Å². The highest BCUT2D eigenvalue weighted by molar-refractivity contribution is 9.10. The minimum Gasteiger partial charge on any atom is -0.507 e. The van der Waals surface area contributed by atoms with Gasteiger partial charge in [0, 0.05) is 24.2 Å². The monoisotopic (exact) mass is 312 g/mol. The number of aromatic hydroxyl groups is 1. The van der Waals surface area contributed by atoms with Gasteiger partial charge in [0.05, 0.1) is 9.48 Å². The first-order chi connectivity index (χ1) is 8.15. The van der Waals surface area contributed by atoms with Gasteiger partial charge in [-0.15, -0.1) is 11.3 Å². The molecule has 0 unspecified atom stereocenters. The summed E-state index contributed by atoms with van der Waals surface area (Å²) in [6, 6.07) is 5.52. The van der Waals surface area contributed by atoms with E-state index in [9.17, 15) is 5.11 Å². The van der Waals surface area contributed by atoms with E-state index in [1.165, 1.54) is 4.88 Å². The van der Waals surface area contributed by atoms with Gasteiger partial charge in [0.1, 0.15) is 5.75 Å². The van der Waals surface area contributed by atoms with Crippen LogP contribution in [0.3, 0.4) is 0 Å². The highest BCUT2D eigenvalue weighted by Gasteiger charge is 2.01. The molecule has 1 aromatic heterocycles. The first kappa shape index (κ1) is 12.5. The van der Waals surface area contributed by atoms with Crippen molar-refractivity contribution in [2.24, 2.45) is 0 Å². The third-order valence-electron chi connectivity index (χ3n) is 2.31. The molecule has 2 aromatic rings. The largest absolute Gasteiger partial charge is 0.507 e. The van der Waals surface area contributed by atoms with E-state index < -0.39 is 0 Å². The van der Waals surface area contributed by atoms with Gasteiger partial charge in [-0.1, -0.05) is 6.07 Å². The summed E-state index contributed by atoms with van der Waals surface area (Å²) in [6.45, 7) is 3.60. The van der Waals surface area contributed by atoms with E-state index in [2.05, 4.69) is 26.2 Å². The van der Waals surface area contributed by atoms with Crippen molar-refractivity contribution in [1.82, 2.24) is 10.3 Å². The number of benzene rings is 1. The van der Waals surface area contributed by atoms with E-state index in [0.29, 0.717) is 0 Å². The van der Waals surface area contributed by atoms with Gasteiger partial charge in [0.15, 0.2) is 0 Å². The Bertz CT molecular complexity index is 513. The fraction of sp³-hybridized carbons (Fsp3) is 0.250. The third kappa shape index (κ3) is 3.52. The van der Waals surface area contributed by atoms with Gasteiger partial charge < -0.3 is 10.4 Å². The Morgan fingerprint density at radius 2 is 2.24 bits per heavy atom. The topological polar surface area (TPSA) is 45.2 Å². The Morgan fingerprint density at radius 3 is 2.88 bits per heavy atom. The number of aromatic nitrogens is 1. The van der Waals surface area contributed by atoms with E-state index in [1.807, 2.05) is 25.3 Å². The van der Waals surface area contributed by atoms with Crippen molar-refractivity contribution < 1.29 is 5.11 Å². The fourth-order valence-electron chi connectivity index (χ4n) is 1.48. The predicted molar refractivity (Wildman–Crippen MR) is 73.2 cm³/mol. The maximum absolute atomic E-state index is 9.38. The molecule has 0 radical (unpaired) electrons. The summed E-state index contributed by atoms with van der Waals surface area (Å²) in [6.07, 6.45) is 1.90. The van der Waals surface area contributed by atoms with Crippen molar-refractivity contribution >= 4 is 27.3 Å². The maximum atomic E-state index is 9.38. The molecular weight excluding hydrogens is 300 g/mol. The van der Waals surface area contributed by atoms with E-state index in [4.69, 9.17) is 0 Å². The standard InChI is InChI=1S/C12H13BrN2OS/c1-8-15-7-10(17-8)6-14-5-9-2-3-12(16)11(13)4-9/h2-4,7,14,16H,5-6H2,1H3. The number of aryl methyl sites for hydroxylation is 1. The number of phenols is 1. The third-order valence-corrected chi connectivity index (χ3v) is 3.86. The van der Waals surface area contributed by atoms with Crippen LogP contribution in [-0.4, -0.2) is 10.1 Å². The Kier molecular flexibility index (Phi) is 4.15. The van der Waals surface area contributed by atoms with E-state index >= 15 is 0 Å². The summed E-state index contributed by atoms with van der Waals surface area (Å²) < 4.78 is 0.727. The molecule has 0 fully saturated rings. The minimum atomic E-state index is 0.270. The number of nitrogens with one attached hydrogen (secondary N) is 1. The molecule has 1 heterocycles. The van der Waals surface area contributed by atoms with Crippen LogP contribution >= 0.6 is 27.3 Å². The van der Waals surface area contributed by atoms with Crippen LogP contribution in [0.4, 0.5) is 0 Å². The van der Waals surface area contributed by atoms with Crippen molar-refractivity contribution in [3.8, 4) is 5.75 Å². The Hall–Kier alpha value is -0.910. The van der Waals surface area contributed by atoms with Gasteiger partial charge in [-0.3, -0.25) is 0 Å². The van der Waals surface area contributed by atoms with Crippen molar-refractivity contribution in [3.05, 3.63) is 44.3 Å². The number of thiazole rings is 1. The van der Waals surface area contributed by atoms with Crippen LogP contribution in [0.1, 0.15) is 15.4 Å². The molecule has 0 aliphatic rings. The Labute approximate surface area is 113 Å². The van der Waals surface area contributed by atoms with E-state index in [1.54, 1.807) is 17.4 Å². The lowest BCUT2D eigenvalue weighted by Gasteiger charge is -2.04. The van der Waals surface area contributed by atoms with Gasteiger partial charge >= 0.3 is 0 Å². The summed E-state index contributed by atoms with van der Waals surface area (Å²) in [5.74, 6) is 0.270. The molecule has 0 saturated heterocycles. The average molecular weight is 313 g/mol. The summed E-state index contributed by atoms with van der Waals surface area (Å²) in [5, 5.41) is 13.8.